The van der Waals surface area contributed by atoms with Crippen LogP contribution in [-0.2, 0) is 32.5 Å². The van der Waals surface area contributed by atoms with E-state index in [0.717, 1.165) is 37.2 Å². The van der Waals surface area contributed by atoms with Gasteiger partial charge >= 0.3 is 0 Å². The Balaban J connectivity index is 1.19. The van der Waals surface area contributed by atoms with Crippen molar-refractivity contribution in [3.05, 3.63) is 147 Å². The van der Waals surface area contributed by atoms with Gasteiger partial charge in [0.25, 0.3) is 6.71 Å². The van der Waals surface area contributed by atoms with E-state index in [9.17, 15) is 0 Å². The number of fused-ring (bicyclic) bond motifs is 10. The highest BCUT2D eigenvalue weighted by molar-refractivity contribution is 7.01. The highest BCUT2D eigenvalue weighted by Crippen LogP contribution is 2.56. The minimum Gasteiger partial charge on any atom is -0.440 e. The number of furan rings is 1. The van der Waals surface area contributed by atoms with Gasteiger partial charge in [0.1, 0.15) is 5.58 Å². The molecule has 0 fully saturated rings. The molecule has 0 radical (unpaired) electrons. The number of hydrogen-bond acceptors (Lipinski definition) is 3. The van der Waals surface area contributed by atoms with Crippen LogP contribution in [0, 0.1) is 6.92 Å². The fourth-order valence-corrected chi connectivity index (χ4v) is 15.3. The van der Waals surface area contributed by atoms with Gasteiger partial charge in [-0.3, -0.25) is 4.90 Å². The number of anilines is 6. The molecular formula is C69H79BN2O. The Bertz CT molecular complexity index is 3490. The van der Waals surface area contributed by atoms with E-state index in [1.54, 1.807) is 0 Å². The second-order valence-corrected chi connectivity index (χ2v) is 28.3. The van der Waals surface area contributed by atoms with E-state index in [1.165, 1.54) is 137 Å². The van der Waals surface area contributed by atoms with Gasteiger partial charge in [0.2, 0.25) is 5.88 Å². The Morgan fingerprint density at radius 1 is 0.466 bits per heavy atom. The molecule has 2 atom stereocenters. The number of hydrogen-bond donors (Lipinski definition) is 0. The zero-order valence-corrected chi connectivity index (χ0v) is 46.9. The maximum Gasteiger partial charge on any atom is 0.257 e. The van der Waals surface area contributed by atoms with Gasteiger partial charge in [-0.2, -0.15) is 0 Å². The number of aryl methyl sites for hydroxylation is 1. The van der Waals surface area contributed by atoms with Crippen molar-refractivity contribution >= 4 is 68.4 Å². The van der Waals surface area contributed by atoms with Gasteiger partial charge in [0.15, 0.2) is 0 Å². The normalized spacial score (nSPS) is 22.9. The van der Waals surface area contributed by atoms with Crippen LogP contribution in [0.1, 0.15) is 210 Å². The second-order valence-electron chi connectivity index (χ2n) is 28.3. The number of rotatable bonds is 3. The minimum atomic E-state index is -0.0500. The molecule has 4 aliphatic carbocycles. The average molecular weight is 963 g/mol. The third-order valence-electron chi connectivity index (χ3n) is 20.5. The maximum absolute atomic E-state index is 7.64. The monoisotopic (exact) mass is 963 g/mol. The lowest BCUT2D eigenvalue weighted by Gasteiger charge is -2.48. The lowest BCUT2D eigenvalue weighted by atomic mass is 9.33. The molecule has 3 nitrogen and oxygen atoms in total. The predicted octanol–water partition coefficient (Wildman–Crippen LogP) is 17.5. The van der Waals surface area contributed by atoms with Crippen LogP contribution in [0.4, 0.5) is 34.3 Å². The van der Waals surface area contributed by atoms with Crippen LogP contribution in [0.5, 0.6) is 0 Å². The molecule has 0 N–H and O–H groups in total. The molecule has 6 aromatic carbocycles. The molecule has 374 valence electrons. The van der Waals surface area contributed by atoms with Crippen molar-refractivity contribution in [2.75, 3.05) is 9.80 Å². The fraction of sp³-hybridized carbons (Fsp3) is 0.449. The molecule has 13 rings (SSSR count). The van der Waals surface area contributed by atoms with Crippen LogP contribution >= 0.6 is 0 Å². The Hall–Kier alpha value is -5.48. The first-order valence-electron chi connectivity index (χ1n) is 28.3. The molecular weight excluding hydrogens is 884 g/mol. The lowest BCUT2D eigenvalue weighted by molar-refractivity contribution is 0.332. The zero-order valence-electron chi connectivity index (χ0n) is 46.9. The van der Waals surface area contributed by atoms with Crippen molar-refractivity contribution in [3.8, 4) is 11.1 Å². The molecule has 2 aliphatic heterocycles. The molecule has 6 aliphatic rings. The van der Waals surface area contributed by atoms with Crippen molar-refractivity contribution in [1.29, 1.82) is 0 Å². The summed E-state index contributed by atoms with van der Waals surface area (Å²) in [5.41, 5.74) is 27.4. The van der Waals surface area contributed by atoms with Gasteiger partial charge < -0.3 is 9.32 Å². The summed E-state index contributed by atoms with van der Waals surface area (Å²) in [6, 6.07) is 39.6. The Morgan fingerprint density at radius 3 is 1.55 bits per heavy atom. The summed E-state index contributed by atoms with van der Waals surface area (Å²) in [7, 11) is 0. The number of nitrogens with zero attached hydrogens (tertiary/aromatic N) is 2. The van der Waals surface area contributed by atoms with E-state index >= 15 is 0 Å². The Morgan fingerprint density at radius 2 is 0.959 bits per heavy atom. The highest BCUT2D eigenvalue weighted by atomic mass is 16.4. The van der Waals surface area contributed by atoms with E-state index in [-0.39, 0.29) is 39.2 Å². The first-order valence-corrected chi connectivity index (χ1v) is 28.3. The molecule has 3 heterocycles. The summed E-state index contributed by atoms with van der Waals surface area (Å²) >= 11 is 0. The first-order chi connectivity index (χ1) is 34.4. The van der Waals surface area contributed by atoms with E-state index in [0.29, 0.717) is 11.8 Å². The maximum atomic E-state index is 7.64. The van der Waals surface area contributed by atoms with Crippen LogP contribution < -0.4 is 26.2 Å². The molecule has 2 unspecified atom stereocenters. The van der Waals surface area contributed by atoms with E-state index in [4.69, 9.17) is 4.42 Å². The van der Waals surface area contributed by atoms with E-state index in [2.05, 4.69) is 211 Å². The van der Waals surface area contributed by atoms with Gasteiger partial charge in [0, 0.05) is 39.2 Å². The Kier molecular flexibility index (Phi) is 9.92. The van der Waals surface area contributed by atoms with Crippen molar-refractivity contribution in [2.24, 2.45) is 0 Å². The molecule has 0 spiro atoms. The summed E-state index contributed by atoms with van der Waals surface area (Å²) in [4.78, 5) is 5.35. The summed E-state index contributed by atoms with van der Waals surface area (Å²) in [6.07, 6.45) is 9.44. The average Bonchev–Trinajstić information content (AvgIpc) is 3.71. The first kappa shape index (κ1) is 47.3. The predicted molar refractivity (Wildman–Crippen MR) is 312 cm³/mol. The van der Waals surface area contributed by atoms with Crippen LogP contribution in [0.3, 0.4) is 0 Å². The standard InChI is InChI=1S/C69H79BN2O/c1-40-31-58-62-59(32-40)72(56-38-53-51(66(8,9)27-29-68(53,12)13)35-47(56)43-19-17-16-18-20-43)57-39-54-52(67(10,11)28-30-69(54,14)15)37-55(57)70(62)61-48-34-45-41(2)21-22-42(3)46(45)36-60(48)73-63(61)71(58)44-23-24-49-50(33-44)65(6,7)26-25-64(49,4)5/h16-20,23-24,31-39,41-42H,21-22,25-30H2,1-15H3. The van der Waals surface area contributed by atoms with Gasteiger partial charge in [-0.15, -0.1) is 0 Å². The van der Waals surface area contributed by atoms with Crippen LogP contribution in [0.2, 0.25) is 0 Å². The lowest BCUT2D eigenvalue weighted by Crippen LogP contribution is -2.61. The second kappa shape index (κ2) is 15.3. The SMILES string of the molecule is Cc1cc2c3c(c1)N(c1ccc4c(c1)C(C)(C)CCC4(C)C)c1oc4cc5c(cc4c1B3c1cc3c(cc1N2c1cc2c(cc1-c1ccccc1)C(C)(C)CCC2(C)C)C(C)(C)CCC3(C)C)C(C)CCC5C. The molecule has 0 bridgehead atoms. The summed E-state index contributed by atoms with van der Waals surface area (Å²) < 4.78 is 7.64. The smallest absolute Gasteiger partial charge is 0.257 e. The van der Waals surface area contributed by atoms with Crippen molar-refractivity contribution in [3.63, 3.8) is 0 Å². The third-order valence-corrected chi connectivity index (χ3v) is 20.5. The Labute approximate surface area is 438 Å². The molecule has 4 heteroatoms. The molecule has 0 amide bonds. The highest BCUT2D eigenvalue weighted by Gasteiger charge is 2.50. The molecule has 0 saturated heterocycles. The van der Waals surface area contributed by atoms with E-state index < -0.39 is 0 Å². The minimum absolute atomic E-state index is 0.0191. The van der Waals surface area contributed by atoms with E-state index in [1.807, 2.05) is 0 Å². The molecule has 73 heavy (non-hydrogen) atoms. The van der Waals surface area contributed by atoms with Gasteiger partial charge in [-0.25, -0.2) is 0 Å². The fourth-order valence-electron chi connectivity index (χ4n) is 15.3. The topological polar surface area (TPSA) is 19.6 Å². The van der Waals surface area contributed by atoms with Crippen molar-refractivity contribution in [2.45, 2.75) is 200 Å². The van der Waals surface area contributed by atoms with Crippen molar-refractivity contribution < 1.29 is 4.42 Å². The molecule has 1 aromatic heterocycles. The third kappa shape index (κ3) is 6.82. The van der Waals surface area contributed by atoms with Gasteiger partial charge in [-0.05, 0) is 224 Å². The summed E-state index contributed by atoms with van der Waals surface area (Å²) in [6.45, 7) is 37.0. The van der Waals surface area contributed by atoms with Crippen LogP contribution in [0.15, 0.2) is 101 Å². The summed E-state index contributed by atoms with van der Waals surface area (Å²) in [5, 5.41) is 1.28. The molecule has 7 aromatic rings. The molecule has 0 saturated carbocycles. The quantitative estimate of drug-likeness (QED) is 0.165. The van der Waals surface area contributed by atoms with Crippen LogP contribution in [-0.4, -0.2) is 6.71 Å². The summed E-state index contributed by atoms with van der Waals surface area (Å²) in [5.74, 6) is 1.98. The largest absolute Gasteiger partial charge is 0.440 e. The van der Waals surface area contributed by atoms with Crippen molar-refractivity contribution in [1.82, 2.24) is 0 Å². The van der Waals surface area contributed by atoms with Gasteiger partial charge in [0.05, 0.1) is 5.69 Å². The number of benzene rings is 6. The zero-order chi connectivity index (χ0) is 51.3. The van der Waals surface area contributed by atoms with Gasteiger partial charge in [-0.1, -0.05) is 139 Å². The van der Waals surface area contributed by atoms with Crippen LogP contribution in [0.25, 0.3) is 22.1 Å².